The SMILES string of the molecule is CC(C)(C)OC(=O)N1CCCN(C(C(=O)O)c2ccc(C#CC3NC(=O)NC3=O)cc2)CC1. The van der Waals surface area contributed by atoms with Crippen LogP contribution >= 0.6 is 0 Å². The van der Waals surface area contributed by atoms with Gasteiger partial charge in [0.05, 0.1) is 0 Å². The topological polar surface area (TPSA) is 128 Å². The molecule has 10 heteroatoms. The van der Waals surface area contributed by atoms with Gasteiger partial charge < -0.3 is 20.1 Å². The average molecular weight is 456 g/mol. The van der Waals surface area contributed by atoms with Crippen LogP contribution in [-0.4, -0.2) is 76.7 Å². The van der Waals surface area contributed by atoms with Gasteiger partial charge in [-0.05, 0) is 44.9 Å². The molecule has 2 heterocycles. The number of amides is 4. The van der Waals surface area contributed by atoms with Crippen molar-refractivity contribution in [2.75, 3.05) is 26.2 Å². The lowest BCUT2D eigenvalue weighted by molar-refractivity contribution is -0.143. The van der Waals surface area contributed by atoms with Crippen molar-refractivity contribution in [1.29, 1.82) is 0 Å². The third kappa shape index (κ3) is 6.46. The minimum atomic E-state index is -0.982. The summed E-state index contributed by atoms with van der Waals surface area (Å²) in [5, 5.41) is 14.4. The number of imide groups is 1. The molecule has 33 heavy (non-hydrogen) atoms. The molecule has 4 amide bonds. The Labute approximate surface area is 192 Å². The summed E-state index contributed by atoms with van der Waals surface area (Å²) >= 11 is 0. The van der Waals surface area contributed by atoms with Crippen molar-refractivity contribution in [2.45, 2.75) is 44.9 Å². The van der Waals surface area contributed by atoms with E-state index in [0.717, 1.165) is 0 Å². The summed E-state index contributed by atoms with van der Waals surface area (Å²) in [5.74, 6) is 4.01. The zero-order valence-corrected chi connectivity index (χ0v) is 18.9. The summed E-state index contributed by atoms with van der Waals surface area (Å²) in [7, 11) is 0. The van der Waals surface area contributed by atoms with Gasteiger partial charge in [0.15, 0.2) is 6.04 Å². The molecule has 3 rings (SSSR count). The smallest absolute Gasteiger partial charge is 0.410 e. The van der Waals surface area contributed by atoms with Crippen LogP contribution in [-0.2, 0) is 14.3 Å². The molecular formula is C23H28N4O6. The second-order valence-corrected chi connectivity index (χ2v) is 8.88. The number of hydrogen-bond acceptors (Lipinski definition) is 6. The fraction of sp³-hybridized carbons (Fsp3) is 0.478. The lowest BCUT2D eigenvalue weighted by Gasteiger charge is -2.28. The average Bonchev–Trinajstić information content (AvgIpc) is 2.89. The second kappa shape index (κ2) is 9.92. The number of carboxylic acids is 1. The summed E-state index contributed by atoms with van der Waals surface area (Å²) in [6, 6.07) is 4.37. The highest BCUT2D eigenvalue weighted by Crippen LogP contribution is 2.24. The number of nitrogens with one attached hydrogen (secondary N) is 2. The molecular weight excluding hydrogens is 428 g/mol. The molecule has 2 aliphatic heterocycles. The Hall–Kier alpha value is -3.58. The van der Waals surface area contributed by atoms with Gasteiger partial charge in [-0.25, -0.2) is 9.59 Å². The van der Waals surface area contributed by atoms with Crippen LogP contribution < -0.4 is 10.6 Å². The van der Waals surface area contributed by atoms with Crippen molar-refractivity contribution in [1.82, 2.24) is 20.4 Å². The van der Waals surface area contributed by atoms with Crippen molar-refractivity contribution < 1.29 is 29.0 Å². The predicted octanol–water partition coefficient (Wildman–Crippen LogP) is 1.31. The maximum absolute atomic E-state index is 12.4. The number of rotatable bonds is 3. The number of benzene rings is 1. The lowest BCUT2D eigenvalue weighted by Crippen LogP contribution is -2.40. The standard InChI is InChI=1S/C23H28N4O6/c1-23(2,3)33-22(32)27-12-4-11-26(13-14-27)18(20(29)30)16-8-5-15(6-9-16)7-10-17-19(28)25-21(31)24-17/h5-6,8-9,17-18H,4,11-14H2,1-3H3,(H,29,30)(H2,24,25,28,31). The summed E-state index contributed by atoms with van der Waals surface area (Å²) in [6.07, 6.45) is 0.230. The predicted molar refractivity (Wildman–Crippen MR) is 118 cm³/mol. The van der Waals surface area contributed by atoms with Crippen molar-refractivity contribution in [3.63, 3.8) is 0 Å². The van der Waals surface area contributed by atoms with Crippen molar-refractivity contribution in [3.05, 3.63) is 35.4 Å². The quantitative estimate of drug-likeness (QED) is 0.462. The Morgan fingerprint density at radius 3 is 2.39 bits per heavy atom. The molecule has 2 saturated heterocycles. The maximum atomic E-state index is 12.4. The lowest BCUT2D eigenvalue weighted by atomic mass is 10.0. The number of nitrogens with zero attached hydrogens (tertiary/aromatic N) is 2. The Balaban J connectivity index is 1.68. The van der Waals surface area contributed by atoms with Crippen molar-refractivity contribution >= 4 is 24.0 Å². The van der Waals surface area contributed by atoms with E-state index in [2.05, 4.69) is 22.5 Å². The highest BCUT2D eigenvalue weighted by Gasteiger charge is 2.31. The molecule has 2 fully saturated rings. The Kier molecular flexibility index (Phi) is 7.23. The number of carbonyl (C=O) groups excluding carboxylic acids is 3. The molecule has 0 bridgehead atoms. The van der Waals surface area contributed by atoms with Crippen molar-refractivity contribution in [3.8, 4) is 11.8 Å². The van der Waals surface area contributed by atoms with Gasteiger partial charge in [-0.3, -0.25) is 19.8 Å². The fourth-order valence-corrected chi connectivity index (χ4v) is 3.64. The number of hydrogen-bond donors (Lipinski definition) is 3. The molecule has 0 aliphatic carbocycles. The maximum Gasteiger partial charge on any atom is 0.410 e. The largest absolute Gasteiger partial charge is 0.480 e. The minimum Gasteiger partial charge on any atom is -0.480 e. The van der Waals surface area contributed by atoms with Crippen LogP contribution in [0.25, 0.3) is 0 Å². The van der Waals surface area contributed by atoms with E-state index >= 15 is 0 Å². The van der Waals surface area contributed by atoms with Crippen LogP contribution in [0.4, 0.5) is 9.59 Å². The van der Waals surface area contributed by atoms with Gasteiger partial charge in [-0.15, -0.1) is 0 Å². The highest BCUT2D eigenvalue weighted by molar-refractivity contribution is 6.05. The van der Waals surface area contributed by atoms with Crippen LogP contribution in [0.5, 0.6) is 0 Å². The zero-order chi connectivity index (χ0) is 24.2. The van der Waals surface area contributed by atoms with Gasteiger partial charge in [-0.1, -0.05) is 24.0 Å². The van der Waals surface area contributed by atoms with Gasteiger partial charge in [0, 0.05) is 31.7 Å². The molecule has 1 aromatic carbocycles. The first-order valence-corrected chi connectivity index (χ1v) is 10.7. The Bertz CT molecular complexity index is 989. The molecule has 0 spiro atoms. The molecule has 2 aliphatic rings. The second-order valence-electron chi connectivity index (χ2n) is 8.88. The van der Waals surface area contributed by atoms with Gasteiger partial charge in [0.25, 0.3) is 5.91 Å². The Morgan fingerprint density at radius 2 is 1.82 bits per heavy atom. The normalized spacial score (nSPS) is 20.1. The first-order chi connectivity index (χ1) is 15.5. The number of aliphatic carboxylic acids is 1. The molecule has 176 valence electrons. The minimum absolute atomic E-state index is 0.372. The van der Waals surface area contributed by atoms with Gasteiger partial charge >= 0.3 is 18.1 Å². The monoisotopic (exact) mass is 456 g/mol. The summed E-state index contributed by atoms with van der Waals surface area (Å²) in [4.78, 5) is 50.7. The molecule has 0 aromatic heterocycles. The van der Waals surface area contributed by atoms with Crippen molar-refractivity contribution in [2.24, 2.45) is 0 Å². The first kappa shape index (κ1) is 24.1. The summed E-state index contributed by atoms with van der Waals surface area (Å²) in [5.41, 5.74) is 0.583. The first-order valence-electron chi connectivity index (χ1n) is 10.7. The van der Waals surface area contributed by atoms with Gasteiger partial charge in [-0.2, -0.15) is 0 Å². The van der Waals surface area contributed by atoms with E-state index in [1.54, 1.807) is 29.2 Å². The van der Waals surface area contributed by atoms with Crippen LogP contribution in [0.3, 0.4) is 0 Å². The van der Waals surface area contributed by atoms with Gasteiger partial charge in [0.2, 0.25) is 0 Å². The van der Waals surface area contributed by atoms with E-state index in [4.69, 9.17) is 4.74 Å². The van der Waals surface area contributed by atoms with Crippen LogP contribution in [0.1, 0.15) is 44.4 Å². The third-order valence-corrected chi connectivity index (χ3v) is 5.14. The molecule has 1 aromatic rings. The highest BCUT2D eigenvalue weighted by atomic mass is 16.6. The van der Waals surface area contributed by atoms with Crippen LogP contribution in [0, 0.1) is 11.8 Å². The number of carbonyl (C=O) groups is 4. The number of urea groups is 1. The molecule has 0 radical (unpaired) electrons. The third-order valence-electron chi connectivity index (χ3n) is 5.14. The van der Waals surface area contributed by atoms with Crippen LogP contribution in [0.2, 0.25) is 0 Å². The van der Waals surface area contributed by atoms with Gasteiger partial charge in [0.1, 0.15) is 11.6 Å². The molecule has 3 N–H and O–H groups in total. The number of ether oxygens (including phenoxy) is 1. The Morgan fingerprint density at radius 1 is 1.12 bits per heavy atom. The van der Waals surface area contributed by atoms with E-state index in [9.17, 15) is 24.3 Å². The zero-order valence-electron chi connectivity index (χ0n) is 18.9. The summed E-state index contributed by atoms with van der Waals surface area (Å²) < 4.78 is 5.44. The van der Waals surface area contributed by atoms with E-state index in [1.165, 1.54) is 0 Å². The summed E-state index contributed by atoms with van der Waals surface area (Å²) in [6.45, 7) is 7.21. The fourth-order valence-electron chi connectivity index (χ4n) is 3.64. The van der Waals surface area contributed by atoms with E-state index < -0.39 is 41.7 Å². The van der Waals surface area contributed by atoms with E-state index in [-0.39, 0.29) is 0 Å². The molecule has 2 atom stereocenters. The molecule has 2 unspecified atom stereocenters. The van der Waals surface area contributed by atoms with E-state index in [1.807, 2.05) is 25.7 Å². The molecule has 0 saturated carbocycles. The van der Waals surface area contributed by atoms with E-state index in [0.29, 0.717) is 43.7 Å². The number of carboxylic acid groups (broad SMARTS) is 1. The van der Waals surface area contributed by atoms with Crippen LogP contribution in [0.15, 0.2) is 24.3 Å². The molecule has 10 nitrogen and oxygen atoms in total.